The third-order valence-electron chi connectivity index (χ3n) is 4.36. The Hall–Kier alpha value is -3.49. The molecule has 0 unspecified atom stereocenters. The Morgan fingerprint density at radius 1 is 1.12 bits per heavy atom. The van der Waals surface area contributed by atoms with Crippen molar-refractivity contribution in [1.29, 1.82) is 0 Å². The molecule has 0 aliphatic rings. The van der Waals surface area contributed by atoms with Crippen molar-refractivity contribution < 1.29 is 4.42 Å². The van der Waals surface area contributed by atoms with E-state index in [4.69, 9.17) is 4.42 Å². The number of fused-ring (bicyclic) bond motifs is 3. The molecule has 0 saturated heterocycles. The lowest BCUT2D eigenvalue weighted by atomic mass is 10.4. The Morgan fingerprint density at radius 2 is 2.00 bits per heavy atom. The van der Waals surface area contributed by atoms with Crippen molar-refractivity contribution in [3.05, 3.63) is 47.9 Å². The molecule has 0 aliphatic heterocycles. The van der Waals surface area contributed by atoms with Gasteiger partial charge in [-0.25, -0.2) is 14.5 Å². The average molecular weight is 348 g/mol. The van der Waals surface area contributed by atoms with E-state index in [0.29, 0.717) is 23.8 Å². The molecule has 0 radical (unpaired) electrons. The maximum atomic E-state index is 5.94. The molecular weight excluding hydrogens is 332 g/mol. The number of furan rings is 1. The molecule has 0 spiro atoms. The van der Waals surface area contributed by atoms with Crippen molar-refractivity contribution in [2.75, 3.05) is 0 Å². The summed E-state index contributed by atoms with van der Waals surface area (Å²) in [5.74, 6) is 1.93. The first kappa shape index (κ1) is 14.8. The zero-order chi connectivity index (χ0) is 17.8. The van der Waals surface area contributed by atoms with Gasteiger partial charge in [-0.2, -0.15) is 10.2 Å². The van der Waals surface area contributed by atoms with Gasteiger partial charge in [0.15, 0.2) is 17.1 Å². The molecule has 5 aromatic rings. The predicted molar refractivity (Wildman–Crippen MR) is 93.6 cm³/mol. The van der Waals surface area contributed by atoms with Crippen LogP contribution in [0.15, 0.2) is 35.1 Å². The minimum Gasteiger partial charge on any atom is -0.456 e. The first-order valence-corrected chi connectivity index (χ1v) is 8.22. The zero-order valence-electron chi connectivity index (χ0n) is 14.6. The second-order valence-electron chi connectivity index (χ2n) is 6.30. The van der Waals surface area contributed by atoms with E-state index in [2.05, 4.69) is 25.3 Å². The summed E-state index contributed by atoms with van der Waals surface area (Å²) in [4.78, 5) is 8.98. The normalized spacial score (nSPS) is 11.8. The molecule has 9 nitrogen and oxygen atoms in total. The molecule has 130 valence electrons. The van der Waals surface area contributed by atoms with E-state index in [-0.39, 0.29) is 0 Å². The van der Waals surface area contributed by atoms with Gasteiger partial charge in [0.1, 0.15) is 12.1 Å². The molecular formula is C17H16N8O. The highest BCUT2D eigenvalue weighted by molar-refractivity contribution is 5.88. The van der Waals surface area contributed by atoms with E-state index in [1.54, 1.807) is 21.7 Å². The van der Waals surface area contributed by atoms with Crippen LogP contribution in [0.3, 0.4) is 0 Å². The van der Waals surface area contributed by atoms with Gasteiger partial charge in [0.2, 0.25) is 5.82 Å². The second-order valence-corrected chi connectivity index (χ2v) is 6.30. The summed E-state index contributed by atoms with van der Waals surface area (Å²) in [7, 11) is 1.85. The van der Waals surface area contributed by atoms with Crippen molar-refractivity contribution in [3.8, 4) is 11.6 Å². The summed E-state index contributed by atoms with van der Waals surface area (Å²) < 4.78 is 11.2. The standard InChI is InChI=1S/C17H16N8O/c1-10-6-11(2)24(21-10)8-12-4-5-14(26-12)15-20-17-13-7-19-23(3)16(13)18-9-25(17)22-15/h4-7,9H,8H2,1-3H3. The number of hydrogen-bond donors (Lipinski definition) is 0. The fourth-order valence-corrected chi connectivity index (χ4v) is 3.11. The zero-order valence-corrected chi connectivity index (χ0v) is 14.6. The minimum absolute atomic E-state index is 0.516. The van der Waals surface area contributed by atoms with Crippen LogP contribution in [0, 0.1) is 13.8 Å². The molecule has 0 aliphatic carbocycles. The van der Waals surface area contributed by atoms with Gasteiger partial charge in [0.25, 0.3) is 0 Å². The van der Waals surface area contributed by atoms with Crippen LogP contribution < -0.4 is 0 Å². The average Bonchev–Trinajstić information content (AvgIpc) is 3.35. The van der Waals surface area contributed by atoms with Crippen molar-refractivity contribution in [2.45, 2.75) is 20.4 Å². The summed E-state index contributed by atoms with van der Waals surface area (Å²) in [5, 5.41) is 14.0. The van der Waals surface area contributed by atoms with Gasteiger partial charge in [0.05, 0.1) is 23.8 Å². The highest BCUT2D eigenvalue weighted by Crippen LogP contribution is 2.23. The number of rotatable bonds is 3. The summed E-state index contributed by atoms with van der Waals surface area (Å²) >= 11 is 0. The molecule has 0 aromatic carbocycles. The first-order valence-electron chi connectivity index (χ1n) is 8.22. The third kappa shape index (κ3) is 2.20. The van der Waals surface area contributed by atoms with Gasteiger partial charge in [-0.3, -0.25) is 9.36 Å². The van der Waals surface area contributed by atoms with Gasteiger partial charge in [-0.05, 0) is 32.0 Å². The van der Waals surface area contributed by atoms with Gasteiger partial charge in [0, 0.05) is 12.7 Å². The topological polar surface area (TPSA) is 91.9 Å². The Kier molecular flexibility index (Phi) is 2.99. The molecule has 0 saturated carbocycles. The molecule has 5 rings (SSSR count). The second kappa shape index (κ2) is 5.25. The predicted octanol–water partition coefficient (Wildman–Crippen LogP) is 2.13. The van der Waals surface area contributed by atoms with Crippen LogP contribution in [-0.2, 0) is 13.6 Å². The van der Waals surface area contributed by atoms with E-state index in [0.717, 1.165) is 28.2 Å². The lowest BCUT2D eigenvalue weighted by Crippen LogP contribution is -2.02. The maximum absolute atomic E-state index is 5.94. The van der Waals surface area contributed by atoms with E-state index in [9.17, 15) is 0 Å². The van der Waals surface area contributed by atoms with Gasteiger partial charge >= 0.3 is 0 Å². The van der Waals surface area contributed by atoms with Crippen LogP contribution in [0.1, 0.15) is 17.1 Å². The lowest BCUT2D eigenvalue weighted by molar-refractivity contribution is 0.483. The van der Waals surface area contributed by atoms with E-state index < -0.39 is 0 Å². The molecule has 0 N–H and O–H groups in total. The molecule has 0 bridgehead atoms. The van der Waals surface area contributed by atoms with Crippen molar-refractivity contribution in [3.63, 3.8) is 0 Å². The van der Waals surface area contributed by atoms with Gasteiger partial charge in [-0.15, -0.1) is 5.10 Å². The Morgan fingerprint density at radius 3 is 2.81 bits per heavy atom. The van der Waals surface area contributed by atoms with Crippen LogP contribution in [0.25, 0.3) is 28.3 Å². The molecule has 5 aromatic heterocycles. The molecule has 0 amide bonds. The highest BCUT2D eigenvalue weighted by atomic mass is 16.3. The highest BCUT2D eigenvalue weighted by Gasteiger charge is 2.15. The summed E-state index contributed by atoms with van der Waals surface area (Å²) in [6.45, 7) is 4.58. The van der Waals surface area contributed by atoms with Crippen molar-refractivity contribution in [2.24, 2.45) is 7.05 Å². The Balaban J connectivity index is 1.53. The summed E-state index contributed by atoms with van der Waals surface area (Å²) in [5.41, 5.74) is 3.55. The largest absolute Gasteiger partial charge is 0.456 e. The van der Waals surface area contributed by atoms with Crippen LogP contribution >= 0.6 is 0 Å². The minimum atomic E-state index is 0.516. The lowest BCUT2D eigenvalue weighted by Gasteiger charge is -2.00. The van der Waals surface area contributed by atoms with E-state index >= 15 is 0 Å². The number of nitrogens with zero attached hydrogens (tertiary/aromatic N) is 8. The van der Waals surface area contributed by atoms with Crippen molar-refractivity contribution >= 4 is 16.7 Å². The number of aromatic nitrogens is 8. The van der Waals surface area contributed by atoms with Crippen LogP contribution in [-0.4, -0.2) is 39.1 Å². The summed E-state index contributed by atoms with van der Waals surface area (Å²) in [6.07, 6.45) is 3.38. The monoisotopic (exact) mass is 348 g/mol. The van der Waals surface area contributed by atoms with Crippen LogP contribution in [0.4, 0.5) is 0 Å². The SMILES string of the molecule is Cc1cc(C)n(Cc2ccc(-c3nc4c5cnn(C)c5ncn4n3)o2)n1. The van der Waals surface area contributed by atoms with E-state index in [1.165, 1.54) is 0 Å². The molecule has 5 heterocycles. The van der Waals surface area contributed by atoms with Crippen molar-refractivity contribution in [1.82, 2.24) is 39.1 Å². The smallest absolute Gasteiger partial charge is 0.217 e. The quantitative estimate of drug-likeness (QED) is 0.496. The fraction of sp³-hybridized carbons (Fsp3) is 0.235. The third-order valence-corrected chi connectivity index (χ3v) is 4.36. The Bertz CT molecular complexity index is 1250. The Labute approximate surface area is 147 Å². The fourth-order valence-electron chi connectivity index (χ4n) is 3.11. The van der Waals surface area contributed by atoms with Gasteiger partial charge < -0.3 is 4.42 Å². The number of hydrogen-bond acceptors (Lipinski definition) is 6. The molecule has 0 fully saturated rings. The first-order chi connectivity index (χ1) is 12.6. The molecule has 0 atom stereocenters. The van der Waals surface area contributed by atoms with Crippen LogP contribution in [0.5, 0.6) is 0 Å². The maximum Gasteiger partial charge on any atom is 0.217 e. The summed E-state index contributed by atoms with van der Waals surface area (Å²) in [6, 6.07) is 5.85. The van der Waals surface area contributed by atoms with Gasteiger partial charge in [-0.1, -0.05) is 0 Å². The van der Waals surface area contributed by atoms with Crippen LogP contribution in [0.2, 0.25) is 0 Å². The molecule has 9 heteroatoms. The molecule has 26 heavy (non-hydrogen) atoms. The van der Waals surface area contributed by atoms with E-state index in [1.807, 2.05) is 43.8 Å². The number of aryl methyl sites for hydroxylation is 3.